The van der Waals surface area contributed by atoms with Gasteiger partial charge in [0.2, 0.25) is 11.9 Å². The monoisotopic (exact) mass is 404 g/mol. The SMILES string of the molecule is Cc1nc2c3ccccc3nc(N3CCN(C(=O)Cc4ccc(F)cc4)CC3)n2n1. The van der Waals surface area contributed by atoms with Crippen LogP contribution in [0.2, 0.25) is 0 Å². The van der Waals surface area contributed by atoms with Crippen LogP contribution in [0.1, 0.15) is 11.4 Å². The number of amides is 1. The van der Waals surface area contributed by atoms with Gasteiger partial charge in [0.05, 0.1) is 11.9 Å². The van der Waals surface area contributed by atoms with Crippen LogP contribution in [-0.2, 0) is 11.2 Å². The van der Waals surface area contributed by atoms with Gasteiger partial charge in [0.25, 0.3) is 0 Å². The van der Waals surface area contributed by atoms with Crippen molar-refractivity contribution in [1.82, 2.24) is 24.5 Å². The minimum absolute atomic E-state index is 0.0504. The van der Waals surface area contributed by atoms with Gasteiger partial charge in [0.1, 0.15) is 11.6 Å². The molecule has 1 amide bonds. The molecule has 0 radical (unpaired) electrons. The number of benzene rings is 2. The molecule has 1 aliphatic rings. The highest BCUT2D eigenvalue weighted by atomic mass is 19.1. The third kappa shape index (κ3) is 3.34. The smallest absolute Gasteiger partial charge is 0.229 e. The quantitative estimate of drug-likeness (QED) is 0.525. The summed E-state index contributed by atoms with van der Waals surface area (Å²) in [5.41, 5.74) is 2.49. The molecule has 1 fully saturated rings. The summed E-state index contributed by atoms with van der Waals surface area (Å²) >= 11 is 0. The lowest BCUT2D eigenvalue weighted by atomic mass is 10.1. The maximum atomic E-state index is 13.1. The molecule has 2 aromatic heterocycles. The van der Waals surface area contributed by atoms with E-state index in [4.69, 9.17) is 4.98 Å². The summed E-state index contributed by atoms with van der Waals surface area (Å²) in [5.74, 6) is 1.20. The normalized spacial score (nSPS) is 14.6. The first-order valence-electron chi connectivity index (χ1n) is 9.98. The Morgan fingerprint density at radius 3 is 2.50 bits per heavy atom. The van der Waals surface area contributed by atoms with E-state index in [2.05, 4.69) is 15.0 Å². The molecular weight excluding hydrogens is 383 g/mol. The van der Waals surface area contributed by atoms with Gasteiger partial charge in [-0.15, -0.1) is 5.10 Å². The van der Waals surface area contributed by atoms with Gasteiger partial charge in [-0.3, -0.25) is 4.79 Å². The number of aryl methyl sites for hydroxylation is 1. The van der Waals surface area contributed by atoms with Crippen molar-refractivity contribution in [2.75, 3.05) is 31.1 Å². The van der Waals surface area contributed by atoms with E-state index < -0.39 is 0 Å². The summed E-state index contributed by atoms with van der Waals surface area (Å²) < 4.78 is 14.9. The van der Waals surface area contributed by atoms with Crippen molar-refractivity contribution in [3.8, 4) is 0 Å². The zero-order valence-electron chi connectivity index (χ0n) is 16.6. The Bertz CT molecular complexity index is 1230. The standard InChI is InChI=1S/C22H21FN6O/c1-15-24-21-18-4-2-3-5-19(18)25-22(29(21)26-15)28-12-10-27(11-13-28)20(30)14-16-6-8-17(23)9-7-16/h2-9H,10-14H2,1H3. The predicted molar refractivity (Wildman–Crippen MR) is 112 cm³/mol. The van der Waals surface area contributed by atoms with Crippen molar-refractivity contribution in [1.29, 1.82) is 0 Å². The highest BCUT2D eigenvalue weighted by molar-refractivity contribution is 5.92. The van der Waals surface area contributed by atoms with Crippen LogP contribution in [0, 0.1) is 12.7 Å². The van der Waals surface area contributed by atoms with Gasteiger partial charge in [-0.2, -0.15) is 4.52 Å². The van der Waals surface area contributed by atoms with E-state index in [1.54, 1.807) is 16.6 Å². The molecule has 1 aliphatic heterocycles. The molecule has 0 spiro atoms. The number of anilines is 1. The van der Waals surface area contributed by atoms with E-state index in [0.717, 1.165) is 28.1 Å². The Hall–Kier alpha value is -3.55. The first kappa shape index (κ1) is 18.5. The number of hydrogen-bond donors (Lipinski definition) is 0. The van der Waals surface area contributed by atoms with Crippen LogP contribution in [0.25, 0.3) is 16.6 Å². The van der Waals surface area contributed by atoms with Crippen LogP contribution in [0.5, 0.6) is 0 Å². The van der Waals surface area contributed by atoms with Crippen LogP contribution >= 0.6 is 0 Å². The number of rotatable bonds is 3. The Balaban J connectivity index is 1.35. The molecule has 8 heteroatoms. The van der Waals surface area contributed by atoms with Crippen molar-refractivity contribution >= 4 is 28.4 Å². The maximum Gasteiger partial charge on any atom is 0.229 e. The lowest BCUT2D eigenvalue weighted by Gasteiger charge is -2.35. The lowest BCUT2D eigenvalue weighted by molar-refractivity contribution is -0.130. The molecule has 0 unspecified atom stereocenters. The average molecular weight is 404 g/mol. The molecule has 0 saturated carbocycles. The number of halogens is 1. The molecule has 2 aromatic carbocycles. The Labute approximate surface area is 172 Å². The molecule has 5 rings (SSSR count). The van der Waals surface area contributed by atoms with Gasteiger partial charge >= 0.3 is 0 Å². The number of carbonyl (C=O) groups is 1. The number of para-hydroxylation sites is 1. The molecule has 0 aliphatic carbocycles. The van der Waals surface area contributed by atoms with Crippen LogP contribution < -0.4 is 4.90 Å². The van der Waals surface area contributed by atoms with E-state index in [1.165, 1.54) is 12.1 Å². The van der Waals surface area contributed by atoms with Gasteiger partial charge < -0.3 is 9.80 Å². The third-order valence-corrected chi connectivity index (χ3v) is 5.45. The highest BCUT2D eigenvalue weighted by Crippen LogP contribution is 2.23. The van der Waals surface area contributed by atoms with Gasteiger partial charge in [-0.25, -0.2) is 14.4 Å². The van der Waals surface area contributed by atoms with E-state index in [9.17, 15) is 9.18 Å². The molecular formula is C22H21FN6O. The fraction of sp³-hybridized carbons (Fsp3) is 0.273. The maximum absolute atomic E-state index is 13.1. The van der Waals surface area contributed by atoms with Crippen molar-refractivity contribution < 1.29 is 9.18 Å². The molecule has 3 heterocycles. The summed E-state index contributed by atoms with van der Waals surface area (Å²) in [6.07, 6.45) is 0.279. The second-order valence-electron chi connectivity index (χ2n) is 7.49. The molecule has 4 aromatic rings. The topological polar surface area (TPSA) is 66.6 Å². The number of nitrogens with zero attached hydrogens (tertiary/aromatic N) is 6. The first-order chi connectivity index (χ1) is 14.6. The number of piperazine rings is 1. The Morgan fingerprint density at radius 1 is 1.00 bits per heavy atom. The summed E-state index contributed by atoms with van der Waals surface area (Å²) in [6.45, 7) is 4.40. The largest absolute Gasteiger partial charge is 0.339 e. The van der Waals surface area contributed by atoms with Gasteiger partial charge in [-0.1, -0.05) is 24.3 Å². The van der Waals surface area contributed by atoms with Crippen LogP contribution in [0.15, 0.2) is 48.5 Å². The van der Waals surface area contributed by atoms with E-state index >= 15 is 0 Å². The molecule has 7 nitrogen and oxygen atoms in total. The molecule has 1 saturated heterocycles. The number of carbonyl (C=O) groups excluding carboxylic acids is 1. The zero-order valence-corrected chi connectivity index (χ0v) is 16.6. The number of hydrogen-bond acceptors (Lipinski definition) is 5. The summed E-state index contributed by atoms with van der Waals surface area (Å²) in [7, 11) is 0. The minimum atomic E-state index is -0.294. The average Bonchev–Trinajstić information content (AvgIpc) is 3.16. The minimum Gasteiger partial charge on any atom is -0.339 e. The Kier molecular flexibility index (Phi) is 4.54. The fourth-order valence-corrected chi connectivity index (χ4v) is 3.89. The number of aromatic nitrogens is 4. The van der Waals surface area contributed by atoms with E-state index in [-0.39, 0.29) is 18.1 Å². The molecule has 30 heavy (non-hydrogen) atoms. The van der Waals surface area contributed by atoms with Crippen molar-refractivity contribution in [3.63, 3.8) is 0 Å². The summed E-state index contributed by atoms with van der Waals surface area (Å²) in [6, 6.07) is 14.0. The van der Waals surface area contributed by atoms with Gasteiger partial charge in [0.15, 0.2) is 5.65 Å². The van der Waals surface area contributed by atoms with Crippen LogP contribution in [0.3, 0.4) is 0 Å². The highest BCUT2D eigenvalue weighted by Gasteiger charge is 2.24. The number of fused-ring (bicyclic) bond motifs is 3. The van der Waals surface area contributed by atoms with Crippen molar-refractivity contribution in [2.45, 2.75) is 13.3 Å². The van der Waals surface area contributed by atoms with E-state index in [1.807, 2.05) is 36.1 Å². The lowest BCUT2D eigenvalue weighted by Crippen LogP contribution is -2.50. The summed E-state index contributed by atoms with van der Waals surface area (Å²) in [5, 5.41) is 5.51. The third-order valence-electron chi connectivity index (χ3n) is 5.45. The second-order valence-corrected chi connectivity index (χ2v) is 7.49. The molecule has 0 N–H and O–H groups in total. The van der Waals surface area contributed by atoms with Crippen LogP contribution in [-0.4, -0.2) is 56.6 Å². The first-order valence-corrected chi connectivity index (χ1v) is 9.98. The fourth-order valence-electron chi connectivity index (χ4n) is 3.89. The second kappa shape index (κ2) is 7.37. The molecule has 0 bridgehead atoms. The summed E-state index contributed by atoms with van der Waals surface area (Å²) in [4.78, 5) is 26.1. The van der Waals surface area contributed by atoms with E-state index in [0.29, 0.717) is 32.0 Å². The van der Waals surface area contributed by atoms with Crippen molar-refractivity contribution in [2.24, 2.45) is 0 Å². The van der Waals surface area contributed by atoms with Crippen LogP contribution in [0.4, 0.5) is 10.3 Å². The van der Waals surface area contributed by atoms with Gasteiger partial charge in [-0.05, 0) is 36.8 Å². The predicted octanol–water partition coefficient (Wildman–Crippen LogP) is 2.62. The zero-order chi connectivity index (χ0) is 20.7. The van der Waals surface area contributed by atoms with Crippen molar-refractivity contribution in [3.05, 3.63) is 65.7 Å². The molecule has 0 atom stereocenters. The van der Waals surface area contributed by atoms with Gasteiger partial charge in [0, 0.05) is 31.6 Å². The molecule has 152 valence electrons. The Morgan fingerprint density at radius 2 is 1.73 bits per heavy atom.